The molecule has 2 heterocycles. The third-order valence-electron chi connectivity index (χ3n) is 19.1. The summed E-state index contributed by atoms with van der Waals surface area (Å²) in [6.45, 7) is 9.39. The summed E-state index contributed by atoms with van der Waals surface area (Å²) in [5, 5.41) is 17.9. The van der Waals surface area contributed by atoms with Crippen LogP contribution < -0.4 is 63.2 Å². The van der Waals surface area contributed by atoms with Crippen molar-refractivity contribution in [2.75, 3.05) is 24.6 Å². The van der Waals surface area contributed by atoms with Gasteiger partial charge in [0.1, 0.15) is 16.1 Å². The number of unbranched alkanes of at least 4 members (excludes halogenated alkanes) is 2. The van der Waals surface area contributed by atoms with E-state index in [-0.39, 0.29) is 89.5 Å². The normalized spacial score (nSPS) is 11.8. The maximum atomic E-state index is 7.29. The monoisotopic (exact) mass is 2160 g/mol. The summed E-state index contributed by atoms with van der Waals surface area (Å²) in [6.07, 6.45) is 39.5. The average molecular weight is 2160 g/mol. The first-order chi connectivity index (χ1) is 48.0. The van der Waals surface area contributed by atoms with Gasteiger partial charge in [0.2, 0.25) is 0 Å². The van der Waals surface area contributed by atoms with Gasteiger partial charge in [-0.15, -0.1) is 70.8 Å². The predicted molar refractivity (Wildman–Crippen MR) is 442 cm³/mol. The predicted octanol–water partition coefficient (Wildman–Crippen LogP) is 15.7. The van der Waals surface area contributed by atoms with Gasteiger partial charge < -0.3 is 25.7 Å². The Balaban J connectivity index is 0.000000192. The zero-order valence-electron chi connectivity index (χ0n) is 57.9. The van der Waals surface area contributed by atoms with E-state index in [0.717, 1.165) is 22.3 Å². The van der Waals surface area contributed by atoms with E-state index in [0.29, 0.717) is 0 Å². The van der Waals surface area contributed by atoms with Crippen LogP contribution in [-0.2, 0) is 89.5 Å². The molecule has 102 heavy (non-hydrogen) atoms. The van der Waals surface area contributed by atoms with E-state index in [2.05, 4.69) is 317 Å². The first-order valence-electron chi connectivity index (χ1n) is 34.2. The van der Waals surface area contributed by atoms with Gasteiger partial charge in [0.25, 0.3) is 0 Å². The van der Waals surface area contributed by atoms with Crippen molar-refractivity contribution in [2.24, 2.45) is 0 Å². The van der Waals surface area contributed by atoms with Gasteiger partial charge in [-0.1, -0.05) is 196 Å². The zero-order chi connectivity index (χ0) is 68.1. The van der Waals surface area contributed by atoms with Crippen molar-refractivity contribution in [1.29, 1.82) is 0 Å². The maximum absolute atomic E-state index is 7.29. The molecular weight excluding hydrogens is 2070 g/mol. The van der Waals surface area contributed by atoms with E-state index in [1.165, 1.54) is 136 Å². The molecule has 0 saturated heterocycles. The average Bonchev–Trinajstić information content (AvgIpc) is 1.59. The van der Waals surface area contributed by atoms with Gasteiger partial charge in [0, 0.05) is 0 Å². The second-order valence-corrected chi connectivity index (χ2v) is 45.2. The first-order valence-corrected chi connectivity index (χ1v) is 47.0. The van der Waals surface area contributed by atoms with Crippen LogP contribution in [0.3, 0.4) is 0 Å². The van der Waals surface area contributed by atoms with E-state index >= 15 is 0 Å². The standard InChI is InChI=1S/2C28H28P2.2C18H12Si.4Au/c2*1-5-15-25(16-6-1)29(26-17-7-2-8-18-26)23-13-14-24-30(27-19-9-3-10-20-27)28-21-11-4-12-22-28;2*1-5-13-7-9-17-15(11-13)16-12-14(6-2)8-10-18(16)19(17,3)4;;;;/h2*1-12,15-22H,13-14,23-24H2;2*7-12H,3-4H3;;;;/q;;2*-2;4*+1/p+4. The van der Waals surface area contributed by atoms with E-state index in [4.69, 9.17) is 25.7 Å². The van der Waals surface area contributed by atoms with Crippen molar-refractivity contribution in [2.45, 2.75) is 51.9 Å². The molecule has 0 atom stereocenters. The molecule has 520 valence electrons. The van der Waals surface area contributed by atoms with Crippen LogP contribution in [0.4, 0.5) is 0 Å². The van der Waals surface area contributed by atoms with Crippen molar-refractivity contribution in [1.82, 2.24) is 0 Å². The van der Waals surface area contributed by atoms with E-state index in [9.17, 15) is 0 Å². The number of rotatable bonds is 18. The molecule has 0 bridgehead atoms. The van der Waals surface area contributed by atoms with Crippen molar-refractivity contribution in [3.05, 3.63) is 363 Å². The Morgan fingerprint density at radius 2 is 0.373 bits per heavy atom. The Labute approximate surface area is 679 Å². The van der Waals surface area contributed by atoms with Crippen molar-refractivity contribution in [3.8, 4) is 45.9 Å². The summed E-state index contributed by atoms with van der Waals surface area (Å²) >= 11 is 0. The number of fused-ring (bicyclic) bond motifs is 6. The number of hydrogen-bond acceptors (Lipinski definition) is 0. The minimum Gasteiger partial charge on any atom is -0.366 e. The molecule has 2 aliphatic heterocycles. The first kappa shape index (κ1) is 83.3. The molecule has 12 aromatic carbocycles. The fourth-order valence-electron chi connectivity index (χ4n) is 14.0. The molecule has 0 aliphatic carbocycles. The Kier molecular flexibility index (Phi) is 34.0. The van der Waals surface area contributed by atoms with Crippen LogP contribution in [0.15, 0.2) is 315 Å². The Hall–Kier alpha value is -6.01. The molecule has 0 nitrogen and oxygen atoms in total. The van der Waals surface area contributed by atoms with Crippen LogP contribution in [0.1, 0.15) is 47.9 Å². The van der Waals surface area contributed by atoms with E-state index in [1.54, 1.807) is 0 Å². The molecule has 12 aromatic rings. The molecule has 0 unspecified atom stereocenters. The van der Waals surface area contributed by atoms with Crippen LogP contribution in [-0.4, -0.2) is 40.8 Å². The molecule has 10 heteroatoms. The summed E-state index contributed by atoms with van der Waals surface area (Å²) in [4.78, 5) is 0. The van der Waals surface area contributed by atoms with E-state index in [1.807, 2.05) is 48.5 Å². The third kappa shape index (κ3) is 21.2. The molecule has 0 N–H and O–H groups in total. The molecule has 0 fully saturated rings. The van der Waals surface area contributed by atoms with Gasteiger partial charge in [-0.3, -0.25) is 23.7 Å². The quantitative estimate of drug-likeness (QED) is 0.0264. The number of benzene rings is 12. The SMILES string of the molecule is [Au+].[Au+].[Au+].[Au+].[C-]#Cc1ccc2c(c1)-c1cc(C#[C-])ccc1[Si]2(C)C.[C-]#Cc1ccc2c(c1)-c1cc(C#[C-])ccc1[Si]2(C)C.c1ccc([PH+](CCCC[PH+](c2ccccc2)c2ccccc2)c2ccccc2)cc1.c1ccc([PH+](CCCC[PH+](c2ccccc2)c2ccccc2)c2ccccc2)cc1. The molecule has 0 saturated carbocycles. The Morgan fingerprint density at radius 3 is 0.510 bits per heavy atom. The Bertz CT molecular complexity index is 3990. The van der Waals surface area contributed by atoms with Crippen molar-refractivity contribution in [3.63, 3.8) is 0 Å². The van der Waals surface area contributed by atoms with E-state index < -0.39 is 47.8 Å². The summed E-state index contributed by atoms with van der Waals surface area (Å²) < 4.78 is 0. The summed E-state index contributed by atoms with van der Waals surface area (Å²) in [5.41, 5.74) is 8.06. The topological polar surface area (TPSA) is 0 Å². The van der Waals surface area contributed by atoms with Crippen LogP contribution in [0.5, 0.6) is 0 Å². The van der Waals surface area contributed by atoms with Gasteiger partial charge >= 0.3 is 89.5 Å². The third-order valence-corrected chi connectivity index (χ3v) is 37.9. The van der Waals surface area contributed by atoms with Gasteiger partial charge in [-0.25, -0.2) is 0 Å². The Morgan fingerprint density at radius 1 is 0.225 bits per heavy atom. The van der Waals surface area contributed by atoms with Crippen LogP contribution in [0.2, 0.25) is 26.2 Å². The molecular formula is C92H84Au4P4Si2+4. The molecule has 0 amide bonds. The summed E-state index contributed by atoms with van der Waals surface area (Å²) in [7, 11) is -6.12. The molecule has 0 radical (unpaired) electrons. The molecule has 0 spiro atoms. The van der Waals surface area contributed by atoms with Crippen LogP contribution >= 0.6 is 31.7 Å². The second-order valence-electron chi connectivity index (χ2n) is 26.0. The summed E-state index contributed by atoms with van der Waals surface area (Å²) in [5.74, 6) is 9.82. The molecule has 0 aromatic heterocycles. The molecule has 2 aliphatic rings. The fourth-order valence-corrected chi connectivity index (χ4v) is 30.9. The van der Waals surface area contributed by atoms with Crippen LogP contribution in [0, 0.1) is 49.4 Å². The smallest absolute Gasteiger partial charge is 0.366 e. The van der Waals surface area contributed by atoms with Gasteiger partial charge in [0.15, 0.2) is 0 Å². The molecule has 14 rings (SSSR count). The zero-order valence-corrected chi connectivity index (χ0v) is 72.6. The van der Waals surface area contributed by atoms with Crippen LogP contribution in [0.25, 0.3) is 22.3 Å². The van der Waals surface area contributed by atoms with Crippen molar-refractivity contribution < 1.29 is 89.5 Å². The second kappa shape index (κ2) is 41.6. The maximum Gasteiger partial charge on any atom is 1.00 e. The van der Waals surface area contributed by atoms with Gasteiger partial charge in [-0.05, 0) is 166 Å². The van der Waals surface area contributed by atoms with Crippen molar-refractivity contribution >= 4 is 111 Å². The largest absolute Gasteiger partial charge is 1.00 e. The minimum atomic E-state index is -1.63. The number of hydrogen-bond donors (Lipinski definition) is 0. The van der Waals surface area contributed by atoms with Gasteiger partial charge in [0.05, 0.1) is 98.8 Å². The minimum absolute atomic E-state index is 0. The van der Waals surface area contributed by atoms with Gasteiger partial charge in [-0.2, -0.15) is 0 Å². The fraction of sp³-hybridized carbons (Fsp3) is 0.130. The summed E-state index contributed by atoms with van der Waals surface area (Å²) in [6, 6.07) is 114.